The number of aromatic nitrogens is 1. The molecule has 2 N–H and O–H groups in total. The van der Waals surface area contributed by atoms with Crippen molar-refractivity contribution in [3.05, 3.63) is 15.6 Å². The molecule has 0 unspecified atom stereocenters. The molecule has 1 heterocycles. The molecule has 66 valence electrons. The summed E-state index contributed by atoms with van der Waals surface area (Å²) in [6.45, 7) is 0.729. The zero-order valence-corrected chi connectivity index (χ0v) is 7.99. The number of nitrogens with zero attached hydrogens (tertiary/aromatic N) is 1. The topological polar surface area (TPSA) is 38.9 Å². The fourth-order valence-electron chi connectivity index (χ4n) is 1.64. The van der Waals surface area contributed by atoms with Crippen molar-refractivity contribution in [1.82, 2.24) is 4.98 Å². The minimum atomic E-state index is 0.729. The van der Waals surface area contributed by atoms with Crippen molar-refractivity contribution in [1.29, 1.82) is 0 Å². The number of hydrogen-bond acceptors (Lipinski definition) is 3. The van der Waals surface area contributed by atoms with Gasteiger partial charge in [0.15, 0.2) is 0 Å². The van der Waals surface area contributed by atoms with E-state index in [9.17, 15) is 0 Å². The van der Waals surface area contributed by atoms with Crippen LogP contribution in [0.15, 0.2) is 0 Å². The number of nitrogens with two attached hydrogens (primary N) is 1. The third kappa shape index (κ3) is 1.52. The first-order valence-electron chi connectivity index (χ1n) is 4.57. The zero-order chi connectivity index (χ0) is 8.39. The molecule has 1 aliphatic carbocycles. The molecular weight excluding hydrogens is 168 g/mol. The smallest absolute Gasteiger partial charge is 0.0943 e. The molecule has 3 heteroatoms. The summed E-state index contributed by atoms with van der Waals surface area (Å²) in [6.07, 6.45) is 6.06. The second-order valence-electron chi connectivity index (χ2n) is 3.22. The average Bonchev–Trinajstić information content (AvgIpc) is 2.47. The number of aryl methyl sites for hydroxylation is 2. The molecule has 0 saturated heterocycles. The van der Waals surface area contributed by atoms with Crippen molar-refractivity contribution in [2.75, 3.05) is 6.54 Å². The molecule has 0 saturated carbocycles. The van der Waals surface area contributed by atoms with Gasteiger partial charge in [0.05, 0.1) is 10.7 Å². The first-order valence-corrected chi connectivity index (χ1v) is 5.39. The van der Waals surface area contributed by atoms with E-state index in [4.69, 9.17) is 5.73 Å². The van der Waals surface area contributed by atoms with Gasteiger partial charge in [-0.15, -0.1) is 11.3 Å². The Kier molecular flexibility index (Phi) is 2.42. The number of fused-ring (bicyclic) bond motifs is 1. The highest BCUT2D eigenvalue weighted by molar-refractivity contribution is 7.11. The van der Waals surface area contributed by atoms with E-state index in [-0.39, 0.29) is 0 Å². The average molecular weight is 182 g/mol. The van der Waals surface area contributed by atoms with Gasteiger partial charge in [-0.1, -0.05) is 0 Å². The van der Waals surface area contributed by atoms with Crippen LogP contribution >= 0.6 is 11.3 Å². The normalized spacial score (nSPS) is 16.1. The summed E-state index contributed by atoms with van der Waals surface area (Å²) in [7, 11) is 0. The van der Waals surface area contributed by atoms with E-state index < -0.39 is 0 Å². The Morgan fingerprint density at radius 2 is 2.17 bits per heavy atom. The van der Waals surface area contributed by atoms with Gasteiger partial charge in [0, 0.05) is 11.3 Å². The van der Waals surface area contributed by atoms with Crippen LogP contribution in [0.5, 0.6) is 0 Å². The van der Waals surface area contributed by atoms with Crippen LogP contribution in [0.2, 0.25) is 0 Å². The molecular formula is C9H14N2S. The molecule has 1 aromatic heterocycles. The SMILES string of the molecule is NCCc1nc2c(s1)CCCC2. The molecule has 0 bridgehead atoms. The van der Waals surface area contributed by atoms with Gasteiger partial charge in [0.1, 0.15) is 0 Å². The minimum Gasteiger partial charge on any atom is -0.330 e. The standard InChI is InChI=1S/C9H14N2S/c10-6-5-9-11-7-3-1-2-4-8(7)12-9/h1-6,10H2. The van der Waals surface area contributed by atoms with Crippen LogP contribution in [0.3, 0.4) is 0 Å². The predicted molar refractivity (Wildman–Crippen MR) is 51.5 cm³/mol. The second-order valence-corrected chi connectivity index (χ2v) is 4.39. The highest BCUT2D eigenvalue weighted by Gasteiger charge is 2.14. The van der Waals surface area contributed by atoms with Gasteiger partial charge < -0.3 is 5.73 Å². The quantitative estimate of drug-likeness (QED) is 0.753. The number of thiazole rings is 1. The summed E-state index contributed by atoms with van der Waals surface area (Å²) in [4.78, 5) is 6.10. The molecule has 0 atom stereocenters. The van der Waals surface area contributed by atoms with Crippen molar-refractivity contribution in [3.63, 3.8) is 0 Å². The molecule has 0 radical (unpaired) electrons. The van der Waals surface area contributed by atoms with Gasteiger partial charge in [-0.25, -0.2) is 4.98 Å². The maximum atomic E-state index is 5.49. The Bertz CT molecular complexity index is 244. The lowest BCUT2D eigenvalue weighted by Gasteiger charge is -2.06. The Hall–Kier alpha value is -0.410. The largest absolute Gasteiger partial charge is 0.330 e. The maximum absolute atomic E-state index is 5.49. The van der Waals surface area contributed by atoms with Crippen LogP contribution in [0.25, 0.3) is 0 Å². The molecule has 12 heavy (non-hydrogen) atoms. The Balaban J connectivity index is 2.20. The van der Waals surface area contributed by atoms with Crippen LogP contribution in [-0.4, -0.2) is 11.5 Å². The fourth-order valence-corrected chi connectivity index (χ4v) is 2.81. The molecule has 2 rings (SSSR count). The van der Waals surface area contributed by atoms with E-state index in [1.807, 2.05) is 11.3 Å². The van der Waals surface area contributed by atoms with Crippen molar-refractivity contribution < 1.29 is 0 Å². The van der Waals surface area contributed by atoms with E-state index in [0.717, 1.165) is 13.0 Å². The molecule has 1 aromatic rings. The first kappa shape index (κ1) is 8.20. The van der Waals surface area contributed by atoms with Crippen LogP contribution < -0.4 is 5.73 Å². The zero-order valence-electron chi connectivity index (χ0n) is 7.18. The van der Waals surface area contributed by atoms with E-state index in [1.54, 1.807) is 0 Å². The first-order chi connectivity index (χ1) is 5.90. The summed E-state index contributed by atoms with van der Waals surface area (Å²) < 4.78 is 0. The summed E-state index contributed by atoms with van der Waals surface area (Å²) in [6, 6.07) is 0. The van der Waals surface area contributed by atoms with Crippen molar-refractivity contribution >= 4 is 11.3 Å². The lowest BCUT2D eigenvalue weighted by Crippen LogP contribution is -2.02. The van der Waals surface area contributed by atoms with E-state index in [2.05, 4.69) is 4.98 Å². The van der Waals surface area contributed by atoms with E-state index >= 15 is 0 Å². The van der Waals surface area contributed by atoms with Gasteiger partial charge in [-0.05, 0) is 32.2 Å². The lowest BCUT2D eigenvalue weighted by molar-refractivity contribution is 0.680. The minimum absolute atomic E-state index is 0.729. The van der Waals surface area contributed by atoms with Crippen LogP contribution in [-0.2, 0) is 19.3 Å². The number of rotatable bonds is 2. The third-order valence-corrected chi connectivity index (χ3v) is 3.47. The second kappa shape index (κ2) is 3.54. The summed E-state index contributed by atoms with van der Waals surface area (Å²) in [5.41, 5.74) is 6.84. The van der Waals surface area contributed by atoms with Gasteiger partial charge in [0.2, 0.25) is 0 Å². The molecule has 0 fully saturated rings. The Morgan fingerprint density at radius 3 is 2.92 bits per heavy atom. The highest BCUT2D eigenvalue weighted by Crippen LogP contribution is 2.26. The third-order valence-electron chi connectivity index (χ3n) is 2.25. The predicted octanol–water partition coefficient (Wildman–Crippen LogP) is 1.52. The molecule has 0 aromatic carbocycles. The van der Waals surface area contributed by atoms with E-state index in [1.165, 1.54) is 41.3 Å². The van der Waals surface area contributed by atoms with Gasteiger partial charge in [-0.3, -0.25) is 0 Å². The van der Waals surface area contributed by atoms with Gasteiger partial charge >= 0.3 is 0 Å². The molecule has 2 nitrogen and oxygen atoms in total. The highest BCUT2D eigenvalue weighted by atomic mass is 32.1. The van der Waals surface area contributed by atoms with Crippen LogP contribution in [0, 0.1) is 0 Å². The van der Waals surface area contributed by atoms with Crippen molar-refractivity contribution in [2.24, 2.45) is 5.73 Å². The summed E-state index contributed by atoms with van der Waals surface area (Å²) in [5, 5.41) is 1.24. The summed E-state index contributed by atoms with van der Waals surface area (Å²) >= 11 is 1.87. The molecule has 0 aliphatic heterocycles. The van der Waals surface area contributed by atoms with Crippen molar-refractivity contribution in [3.8, 4) is 0 Å². The Labute approximate surface area is 76.8 Å². The van der Waals surface area contributed by atoms with Crippen molar-refractivity contribution in [2.45, 2.75) is 32.1 Å². The summed E-state index contributed by atoms with van der Waals surface area (Å²) in [5.74, 6) is 0. The van der Waals surface area contributed by atoms with Crippen LogP contribution in [0.1, 0.15) is 28.4 Å². The van der Waals surface area contributed by atoms with Gasteiger partial charge in [0.25, 0.3) is 0 Å². The van der Waals surface area contributed by atoms with Crippen LogP contribution in [0.4, 0.5) is 0 Å². The molecule has 1 aliphatic rings. The lowest BCUT2D eigenvalue weighted by atomic mass is 10.0. The maximum Gasteiger partial charge on any atom is 0.0943 e. The van der Waals surface area contributed by atoms with Gasteiger partial charge in [-0.2, -0.15) is 0 Å². The molecule has 0 amide bonds. The monoisotopic (exact) mass is 182 g/mol. The van der Waals surface area contributed by atoms with E-state index in [0.29, 0.717) is 0 Å². The molecule has 0 spiro atoms. The fraction of sp³-hybridized carbons (Fsp3) is 0.667. The number of hydrogen-bond donors (Lipinski definition) is 1. The Morgan fingerprint density at radius 1 is 1.33 bits per heavy atom.